The molecule has 0 aliphatic rings. The minimum atomic E-state index is -4.25. The Balaban J connectivity index is 2.14. The highest BCUT2D eigenvalue weighted by Gasteiger charge is 2.22. The standard InChI is InChI=1S/C12H12N4O7S2/c1-22-7-5-8(23-2)14-11(13-7)15-12(19)16-25(20,21)9-4-3-6(24-9)10(17)18/h3-5H,1-2H3,(H,17,18)(H2,13,14,15,16,19). The van der Waals surface area contributed by atoms with Crippen molar-refractivity contribution < 1.29 is 32.6 Å². The van der Waals surface area contributed by atoms with Crippen LogP contribution in [0.2, 0.25) is 0 Å². The van der Waals surface area contributed by atoms with Crippen LogP contribution in [0.15, 0.2) is 22.4 Å². The molecule has 134 valence electrons. The van der Waals surface area contributed by atoms with Gasteiger partial charge in [0, 0.05) is 0 Å². The van der Waals surface area contributed by atoms with E-state index in [1.807, 2.05) is 0 Å². The number of carbonyl (C=O) groups excluding carboxylic acids is 1. The predicted octanol–water partition coefficient (Wildman–Crippen LogP) is 0.764. The monoisotopic (exact) mass is 388 g/mol. The number of thiophene rings is 1. The van der Waals surface area contributed by atoms with Crippen molar-refractivity contribution in [1.29, 1.82) is 0 Å². The molecule has 0 aromatic carbocycles. The molecular weight excluding hydrogens is 376 g/mol. The third-order valence-electron chi connectivity index (χ3n) is 2.61. The molecule has 2 aromatic rings. The summed E-state index contributed by atoms with van der Waals surface area (Å²) < 4.78 is 35.3. The number of aromatic nitrogens is 2. The molecule has 13 heteroatoms. The maximum Gasteiger partial charge on any atom is 0.345 e. The van der Waals surface area contributed by atoms with Gasteiger partial charge in [0.05, 0.1) is 20.3 Å². The number of carboxylic acid groups (broad SMARTS) is 1. The van der Waals surface area contributed by atoms with E-state index in [4.69, 9.17) is 14.6 Å². The fourth-order valence-corrected chi connectivity index (χ4v) is 3.60. The van der Waals surface area contributed by atoms with Crippen LogP contribution in [-0.2, 0) is 10.0 Å². The lowest BCUT2D eigenvalue weighted by molar-refractivity contribution is 0.0702. The number of carbonyl (C=O) groups is 2. The molecular formula is C12H12N4O7S2. The summed E-state index contributed by atoms with van der Waals surface area (Å²) in [5.74, 6) is -1.34. The normalized spacial score (nSPS) is 10.8. The van der Waals surface area contributed by atoms with Gasteiger partial charge in [-0.2, -0.15) is 9.97 Å². The number of methoxy groups -OCH3 is 2. The largest absolute Gasteiger partial charge is 0.481 e. The molecule has 0 aliphatic heterocycles. The lowest BCUT2D eigenvalue weighted by Gasteiger charge is -2.08. The average Bonchev–Trinajstić information content (AvgIpc) is 3.05. The van der Waals surface area contributed by atoms with E-state index < -0.39 is 22.0 Å². The van der Waals surface area contributed by atoms with Crippen LogP contribution in [0.4, 0.5) is 10.7 Å². The fraction of sp³-hybridized carbons (Fsp3) is 0.167. The molecule has 2 heterocycles. The Bertz CT molecular complexity index is 888. The van der Waals surface area contributed by atoms with Crippen LogP contribution in [-0.4, -0.2) is 49.7 Å². The van der Waals surface area contributed by atoms with Crippen molar-refractivity contribution >= 4 is 39.3 Å². The number of aromatic carboxylic acids is 1. The molecule has 0 spiro atoms. The van der Waals surface area contributed by atoms with Crippen LogP contribution in [0.1, 0.15) is 9.67 Å². The molecule has 0 atom stereocenters. The van der Waals surface area contributed by atoms with Crippen LogP contribution < -0.4 is 19.5 Å². The Morgan fingerprint density at radius 3 is 2.24 bits per heavy atom. The first kappa shape index (κ1) is 18.4. The third-order valence-corrected chi connectivity index (χ3v) is 5.50. The quantitative estimate of drug-likeness (QED) is 0.650. The molecule has 0 aliphatic carbocycles. The zero-order valence-electron chi connectivity index (χ0n) is 12.8. The number of hydrogen-bond acceptors (Lipinski definition) is 9. The maximum absolute atomic E-state index is 12.1. The van der Waals surface area contributed by atoms with Crippen molar-refractivity contribution in [2.75, 3.05) is 19.5 Å². The highest BCUT2D eigenvalue weighted by Crippen LogP contribution is 2.21. The minimum Gasteiger partial charge on any atom is -0.481 e. The zero-order chi connectivity index (χ0) is 18.6. The van der Waals surface area contributed by atoms with Crippen LogP contribution >= 0.6 is 11.3 Å². The van der Waals surface area contributed by atoms with Crippen molar-refractivity contribution in [3.05, 3.63) is 23.1 Å². The molecule has 2 aromatic heterocycles. The van der Waals surface area contributed by atoms with Gasteiger partial charge in [-0.05, 0) is 12.1 Å². The minimum absolute atomic E-state index is 0.0920. The van der Waals surface area contributed by atoms with E-state index in [1.54, 1.807) is 4.72 Å². The van der Waals surface area contributed by atoms with Gasteiger partial charge in [-0.15, -0.1) is 11.3 Å². The number of rotatable bonds is 6. The number of ether oxygens (including phenoxy) is 2. The SMILES string of the molecule is COc1cc(OC)nc(NC(=O)NS(=O)(=O)c2ccc(C(=O)O)s2)n1. The number of sulfonamides is 1. The fourth-order valence-electron chi connectivity index (χ4n) is 1.55. The first-order valence-corrected chi connectivity index (χ1v) is 8.69. The average molecular weight is 388 g/mol. The molecule has 0 radical (unpaired) electrons. The smallest absolute Gasteiger partial charge is 0.345 e. The summed E-state index contributed by atoms with van der Waals surface area (Å²) in [6, 6.07) is 2.42. The van der Waals surface area contributed by atoms with Crippen molar-refractivity contribution in [2.24, 2.45) is 0 Å². The van der Waals surface area contributed by atoms with Gasteiger partial charge in [0.1, 0.15) is 9.09 Å². The van der Waals surface area contributed by atoms with Crippen LogP contribution in [0, 0.1) is 0 Å². The Morgan fingerprint density at radius 2 is 1.76 bits per heavy atom. The first-order chi connectivity index (χ1) is 11.7. The summed E-state index contributed by atoms with van der Waals surface area (Å²) in [5, 5.41) is 10.9. The molecule has 0 bridgehead atoms. The summed E-state index contributed by atoms with van der Waals surface area (Å²) in [6.45, 7) is 0. The van der Waals surface area contributed by atoms with E-state index in [0.717, 1.165) is 12.1 Å². The second kappa shape index (κ2) is 7.31. The second-order valence-corrected chi connectivity index (χ2v) is 7.25. The van der Waals surface area contributed by atoms with E-state index in [0.29, 0.717) is 11.3 Å². The van der Waals surface area contributed by atoms with Gasteiger partial charge in [-0.3, -0.25) is 5.32 Å². The summed E-state index contributed by atoms with van der Waals surface area (Å²) in [4.78, 5) is 30.1. The molecule has 0 fully saturated rings. The predicted molar refractivity (Wildman–Crippen MR) is 85.8 cm³/mol. The number of hydrogen-bond donors (Lipinski definition) is 3. The number of nitrogens with one attached hydrogen (secondary N) is 2. The van der Waals surface area contributed by atoms with Gasteiger partial charge in [-0.25, -0.2) is 22.7 Å². The summed E-state index contributed by atoms with van der Waals surface area (Å²) in [5.41, 5.74) is 0. The molecule has 3 N–H and O–H groups in total. The van der Waals surface area contributed by atoms with Crippen LogP contribution in [0.5, 0.6) is 11.8 Å². The number of nitrogens with zero attached hydrogens (tertiary/aromatic N) is 2. The summed E-state index contributed by atoms with van der Waals surface area (Å²) in [7, 11) is -1.57. The van der Waals surface area contributed by atoms with E-state index in [-0.39, 0.29) is 26.8 Å². The highest BCUT2D eigenvalue weighted by atomic mass is 32.2. The van der Waals surface area contributed by atoms with Gasteiger partial charge in [0.15, 0.2) is 0 Å². The highest BCUT2D eigenvalue weighted by molar-refractivity contribution is 7.92. The number of urea groups is 1. The Hall–Kier alpha value is -2.93. The molecule has 2 rings (SSSR count). The van der Waals surface area contributed by atoms with Crippen molar-refractivity contribution in [2.45, 2.75) is 4.21 Å². The molecule has 0 unspecified atom stereocenters. The van der Waals surface area contributed by atoms with Crippen molar-refractivity contribution in [1.82, 2.24) is 14.7 Å². The number of anilines is 1. The molecule has 11 nitrogen and oxygen atoms in total. The molecule has 25 heavy (non-hydrogen) atoms. The van der Waals surface area contributed by atoms with Crippen molar-refractivity contribution in [3.63, 3.8) is 0 Å². The Morgan fingerprint density at radius 1 is 1.16 bits per heavy atom. The van der Waals surface area contributed by atoms with Crippen molar-refractivity contribution in [3.8, 4) is 11.8 Å². The van der Waals surface area contributed by atoms with Gasteiger partial charge >= 0.3 is 12.0 Å². The van der Waals surface area contributed by atoms with Gasteiger partial charge in [-0.1, -0.05) is 0 Å². The zero-order valence-corrected chi connectivity index (χ0v) is 14.5. The van der Waals surface area contributed by atoms with E-state index in [1.165, 1.54) is 20.3 Å². The topological polar surface area (TPSA) is 157 Å². The Kier molecular flexibility index (Phi) is 5.38. The molecule has 0 saturated carbocycles. The number of amides is 2. The van der Waals surface area contributed by atoms with Crippen LogP contribution in [0.3, 0.4) is 0 Å². The second-order valence-electron chi connectivity index (χ2n) is 4.26. The van der Waals surface area contributed by atoms with E-state index >= 15 is 0 Å². The van der Waals surface area contributed by atoms with Gasteiger partial charge < -0.3 is 14.6 Å². The van der Waals surface area contributed by atoms with E-state index in [2.05, 4.69) is 15.3 Å². The lowest BCUT2D eigenvalue weighted by atomic mass is 10.5. The first-order valence-electron chi connectivity index (χ1n) is 6.39. The maximum atomic E-state index is 12.1. The molecule has 2 amide bonds. The van der Waals surface area contributed by atoms with Crippen LogP contribution in [0.25, 0.3) is 0 Å². The molecule has 0 saturated heterocycles. The Labute approximate surface area is 145 Å². The summed E-state index contributed by atoms with van der Waals surface area (Å²) >= 11 is 0.507. The van der Waals surface area contributed by atoms with Gasteiger partial charge in [0.25, 0.3) is 10.0 Å². The number of carboxylic acids is 1. The third kappa shape index (κ3) is 4.54. The lowest BCUT2D eigenvalue weighted by Crippen LogP contribution is -2.34. The van der Waals surface area contributed by atoms with E-state index in [9.17, 15) is 18.0 Å². The van der Waals surface area contributed by atoms with Gasteiger partial charge in [0.2, 0.25) is 17.7 Å². The summed E-state index contributed by atoms with van der Waals surface area (Å²) in [6.07, 6.45) is 0.